The number of rotatable bonds is 6. The zero-order valence-corrected chi connectivity index (χ0v) is 12.2. The third-order valence-electron chi connectivity index (χ3n) is 2.74. The molecule has 0 unspecified atom stereocenters. The number of carboxylic acid groups (broad SMARTS) is 1. The van der Waals surface area contributed by atoms with Crippen molar-refractivity contribution in [1.82, 2.24) is 4.98 Å². The number of ether oxygens (including phenoxy) is 1. The number of nitrogens with zero attached hydrogens (tertiary/aromatic N) is 1. The summed E-state index contributed by atoms with van der Waals surface area (Å²) in [6, 6.07) is 5.39. The summed E-state index contributed by atoms with van der Waals surface area (Å²) in [5, 5.41) is 12.2. The van der Waals surface area contributed by atoms with Crippen LogP contribution in [0.5, 0.6) is 5.88 Å². The molecule has 0 atom stereocenters. The number of thiophene rings is 1. The predicted molar refractivity (Wildman–Crippen MR) is 78.7 cm³/mol. The quantitative estimate of drug-likeness (QED) is 0.855. The van der Waals surface area contributed by atoms with Crippen LogP contribution < -0.4 is 10.1 Å². The first-order chi connectivity index (χ1) is 9.60. The topological polar surface area (TPSA) is 71.5 Å². The van der Waals surface area contributed by atoms with E-state index in [1.54, 1.807) is 18.3 Å². The summed E-state index contributed by atoms with van der Waals surface area (Å²) < 4.78 is 5.27. The minimum atomic E-state index is -0.882. The van der Waals surface area contributed by atoms with Gasteiger partial charge in [-0.3, -0.25) is 0 Å². The molecule has 0 saturated carbocycles. The van der Waals surface area contributed by atoms with Crippen molar-refractivity contribution < 1.29 is 14.6 Å². The van der Waals surface area contributed by atoms with Gasteiger partial charge in [-0.05, 0) is 31.5 Å². The molecule has 2 rings (SSSR count). The number of hydrogen-bond acceptors (Lipinski definition) is 5. The van der Waals surface area contributed by atoms with Gasteiger partial charge < -0.3 is 15.2 Å². The molecule has 6 heteroatoms. The zero-order valence-electron chi connectivity index (χ0n) is 11.3. The average Bonchev–Trinajstić information content (AvgIpc) is 2.80. The van der Waals surface area contributed by atoms with E-state index in [0.29, 0.717) is 23.9 Å². The number of carbonyl (C=O) groups is 1. The molecule has 5 nitrogen and oxygen atoms in total. The first kappa shape index (κ1) is 14.3. The average molecular weight is 292 g/mol. The lowest BCUT2D eigenvalue weighted by Gasteiger charge is -2.07. The summed E-state index contributed by atoms with van der Waals surface area (Å²) in [5.41, 5.74) is 1.86. The summed E-state index contributed by atoms with van der Waals surface area (Å²) in [6.07, 6.45) is 1.70. The van der Waals surface area contributed by atoms with E-state index in [1.165, 1.54) is 11.3 Å². The summed E-state index contributed by atoms with van der Waals surface area (Å²) in [7, 11) is 0. The molecular weight excluding hydrogens is 276 g/mol. The smallest absolute Gasteiger partial charge is 0.345 e. The van der Waals surface area contributed by atoms with E-state index in [9.17, 15) is 4.79 Å². The Morgan fingerprint density at radius 2 is 2.30 bits per heavy atom. The second-order valence-corrected chi connectivity index (χ2v) is 5.43. The number of pyridine rings is 1. The van der Waals surface area contributed by atoms with Crippen molar-refractivity contribution in [3.8, 4) is 5.88 Å². The predicted octanol–water partition coefficient (Wildman–Crippen LogP) is 3.16. The Labute approximate surface area is 121 Å². The van der Waals surface area contributed by atoms with Crippen molar-refractivity contribution >= 4 is 23.0 Å². The Hall–Kier alpha value is -2.08. The molecule has 0 fully saturated rings. The Kier molecular flexibility index (Phi) is 4.57. The number of hydrogen-bond donors (Lipinski definition) is 2. The van der Waals surface area contributed by atoms with Gasteiger partial charge in [0.2, 0.25) is 5.88 Å². The lowest BCUT2D eigenvalue weighted by molar-refractivity contribution is 0.0702. The van der Waals surface area contributed by atoms with Crippen LogP contribution >= 0.6 is 11.3 Å². The van der Waals surface area contributed by atoms with Gasteiger partial charge in [-0.2, -0.15) is 0 Å². The minimum absolute atomic E-state index is 0.365. The highest BCUT2D eigenvalue weighted by molar-refractivity contribution is 7.14. The molecule has 2 aromatic heterocycles. The lowest BCUT2D eigenvalue weighted by Crippen LogP contribution is -2.01. The Morgan fingerprint density at radius 1 is 1.50 bits per heavy atom. The normalized spacial score (nSPS) is 10.3. The lowest BCUT2D eigenvalue weighted by atomic mass is 10.2. The third-order valence-corrected chi connectivity index (χ3v) is 3.82. The van der Waals surface area contributed by atoms with E-state index < -0.39 is 5.97 Å². The molecule has 0 radical (unpaired) electrons. The van der Waals surface area contributed by atoms with Gasteiger partial charge in [0, 0.05) is 17.5 Å². The maximum absolute atomic E-state index is 10.9. The van der Waals surface area contributed by atoms with Gasteiger partial charge in [0.05, 0.1) is 18.5 Å². The summed E-state index contributed by atoms with van der Waals surface area (Å²) in [5.74, 6) is -0.287. The van der Waals surface area contributed by atoms with Crippen molar-refractivity contribution in [3.63, 3.8) is 0 Å². The van der Waals surface area contributed by atoms with Crippen LogP contribution in [0.1, 0.15) is 27.0 Å². The van der Waals surface area contributed by atoms with Gasteiger partial charge >= 0.3 is 5.97 Å². The summed E-state index contributed by atoms with van der Waals surface area (Å²) in [4.78, 5) is 16.4. The number of aryl methyl sites for hydroxylation is 1. The molecule has 0 spiro atoms. The highest BCUT2D eigenvalue weighted by Crippen LogP contribution is 2.22. The first-order valence-electron chi connectivity index (χ1n) is 6.25. The van der Waals surface area contributed by atoms with E-state index in [4.69, 9.17) is 9.84 Å². The Balaban J connectivity index is 1.99. The van der Waals surface area contributed by atoms with Crippen molar-refractivity contribution in [2.24, 2.45) is 0 Å². The minimum Gasteiger partial charge on any atom is -0.478 e. The fourth-order valence-electron chi connectivity index (χ4n) is 1.72. The molecule has 0 amide bonds. The molecular formula is C14H16N2O3S. The van der Waals surface area contributed by atoms with Gasteiger partial charge in [0.25, 0.3) is 0 Å². The van der Waals surface area contributed by atoms with Gasteiger partial charge in [-0.15, -0.1) is 11.3 Å². The molecule has 20 heavy (non-hydrogen) atoms. The van der Waals surface area contributed by atoms with Crippen LogP contribution in [0.15, 0.2) is 24.4 Å². The molecule has 2 N–H and O–H groups in total. The Bertz CT molecular complexity index is 593. The molecule has 2 heterocycles. The van der Waals surface area contributed by atoms with Crippen LogP contribution in [0.4, 0.5) is 5.69 Å². The fraction of sp³-hybridized carbons (Fsp3) is 0.286. The number of aromatic nitrogens is 1. The summed E-state index contributed by atoms with van der Waals surface area (Å²) >= 11 is 1.29. The molecule has 0 aromatic carbocycles. The summed E-state index contributed by atoms with van der Waals surface area (Å²) in [6.45, 7) is 4.99. The molecule has 0 aliphatic rings. The van der Waals surface area contributed by atoms with Crippen LogP contribution in [0.25, 0.3) is 0 Å². The van der Waals surface area contributed by atoms with E-state index in [1.807, 2.05) is 19.9 Å². The maximum Gasteiger partial charge on any atom is 0.345 e. The van der Waals surface area contributed by atoms with E-state index in [-0.39, 0.29) is 0 Å². The molecule has 0 aliphatic heterocycles. The first-order valence-corrected chi connectivity index (χ1v) is 7.07. The van der Waals surface area contributed by atoms with E-state index >= 15 is 0 Å². The number of aromatic carboxylic acids is 1. The van der Waals surface area contributed by atoms with Crippen LogP contribution in [0.3, 0.4) is 0 Å². The van der Waals surface area contributed by atoms with Gasteiger partial charge in [-0.1, -0.05) is 0 Å². The van der Waals surface area contributed by atoms with Crippen molar-refractivity contribution in [2.75, 3.05) is 11.9 Å². The standard InChI is InChI=1S/C14H16N2O3S/c1-3-19-13-5-4-11(8-16-13)15-7-10-6-12(14(17)18)20-9(10)2/h4-6,8,15H,3,7H2,1-2H3,(H,17,18). The van der Waals surface area contributed by atoms with Crippen LogP contribution in [0.2, 0.25) is 0 Å². The van der Waals surface area contributed by atoms with Crippen LogP contribution in [-0.4, -0.2) is 22.7 Å². The molecule has 0 aliphatic carbocycles. The highest BCUT2D eigenvalue weighted by Gasteiger charge is 2.10. The fourth-order valence-corrected chi connectivity index (χ4v) is 2.60. The molecule has 0 bridgehead atoms. The van der Waals surface area contributed by atoms with Crippen molar-refractivity contribution in [3.05, 3.63) is 39.7 Å². The molecule has 0 saturated heterocycles. The third kappa shape index (κ3) is 3.48. The second kappa shape index (κ2) is 6.38. The maximum atomic E-state index is 10.9. The molecule has 2 aromatic rings. The zero-order chi connectivity index (χ0) is 14.5. The SMILES string of the molecule is CCOc1ccc(NCc2cc(C(=O)O)sc2C)cn1. The molecule has 106 valence electrons. The Morgan fingerprint density at radius 3 is 2.85 bits per heavy atom. The van der Waals surface area contributed by atoms with Crippen molar-refractivity contribution in [1.29, 1.82) is 0 Å². The number of carboxylic acids is 1. The van der Waals surface area contributed by atoms with Crippen LogP contribution in [-0.2, 0) is 6.54 Å². The van der Waals surface area contributed by atoms with E-state index in [0.717, 1.165) is 16.1 Å². The monoisotopic (exact) mass is 292 g/mol. The van der Waals surface area contributed by atoms with Crippen molar-refractivity contribution in [2.45, 2.75) is 20.4 Å². The number of nitrogens with one attached hydrogen (secondary N) is 1. The van der Waals surface area contributed by atoms with Gasteiger partial charge in [-0.25, -0.2) is 9.78 Å². The van der Waals surface area contributed by atoms with Crippen LogP contribution in [0, 0.1) is 6.92 Å². The largest absolute Gasteiger partial charge is 0.478 e. The number of anilines is 1. The van der Waals surface area contributed by atoms with Gasteiger partial charge in [0.1, 0.15) is 4.88 Å². The highest BCUT2D eigenvalue weighted by atomic mass is 32.1. The van der Waals surface area contributed by atoms with Gasteiger partial charge in [0.15, 0.2) is 0 Å². The van der Waals surface area contributed by atoms with E-state index in [2.05, 4.69) is 10.3 Å². The second-order valence-electron chi connectivity index (χ2n) is 4.17.